The van der Waals surface area contributed by atoms with E-state index >= 15 is 0 Å². The third-order valence-electron chi connectivity index (χ3n) is 4.41. The Morgan fingerprint density at radius 3 is 3.00 bits per heavy atom. The van der Waals surface area contributed by atoms with Gasteiger partial charge in [-0.3, -0.25) is 9.78 Å². The highest BCUT2D eigenvalue weighted by Crippen LogP contribution is 2.28. The molecule has 0 fully saturated rings. The average molecular weight is 309 g/mol. The van der Waals surface area contributed by atoms with Crippen molar-refractivity contribution in [2.45, 2.75) is 32.2 Å². The number of carbonyl (C=O) groups is 1. The van der Waals surface area contributed by atoms with Gasteiger partial charge < -0.3 is 10.2 Å². The Morgan fingerprint density at radius 1 is 1.30 bits per heavy atom. The maximum atomic E-state index is 12.0. The zero-order valence-electron chi connectivity index (χ0n) is 13.5. The number of hydrogen-bond acceptors (Lipinski definition) is 3. The average Bonchev–Trinajstić information content (AvgIpc) is 3.03. The standard InChI is InChI=1S/C19H23N3O/c1-15(22-12-10-17-6-2-3-7-18(17)22)13-21-19(23)9-8-16-5-4-11-20-14-16/h2-7,11,14-15H,8-10,12-13H2,1H3,(H,21,23). The van der Waals surface area contributed by atoms with Gasteiger partial charge in [0.2, 0.25) is 5.91 Å². The van der Waals surface area contributed by atoms with Gasteiger partial charge in [0, 0.05) is 43.6 Å². The summed E-state index contributed by atoms with van der Waals surface area (Å²) >= 11 is 0. The fraction of sp³-hybridized carbons (Fsp3) is 0.368. The first-order valence-electron chi connectivity index (χ1n) is 8.24. The molecule has 1 aromatic carbocycles. The second-order valence-corrected chi connectivity index (χ2v) is 6.09. The van der Waals surface area contributed by atoms with Gasteiger partial charge in [-0.25, -0.2) is 0 Å². The van der Waals surface area contributed by atoms with Gasteiger partial charge in [-0.1, -0.05) is 24.3 Å². The maximum Gasteiger partial charge on any atom is 0.220 e. The number of hydrogen-bond donors (Lipinski definition) is 1. The van der Waals surface area contributed by atoms with Gasteiger partial charge in [0.1, 0.15) is 0 Å². The van der Waals surface area contributed by atoms with Crippen molar-refractivity contribution in [3.05, 3.63) is 59.9 Å². The van der Waals surface area contributed by atoms with Gasteiger partial charge in [0.15, 0.2) is 0 Å². The minimum Gasteiger partial charge on any atom is -0.366 e. The van der Waals surface area contributed by atoms with Crippen molar-refractivity contribution >= 4 is 11.6 Å². The number of carbonyl (C=O) groups excluding carboxylic acids is 1. The van der Waals surface area contributed by atoms with Crippen LogP contribution in [0.15, 0.2) is 48.8 Å². The fourth-order valence-electron chi connectivity index (χ4n) is 3.09. The van der Waals surface area contributed by atoms with Crippen molar-refractivity contribution in [1.29, 1.82) is 0 Å². The van der Waals surface area contributed by atoms with E-state index in [-0.39, 0.29) is 5.91 Å². The number of rotatable bonds is 6. The van der Waals surface area contributed by atoms with Crippen LogP contribution < -0.4 is 10.2 Å². The molecule has 3 rings (SSSR count). The number of aryl methyl sites for hydroxylation is 1. The Morgan fingerprint density at radius 2 is 2.17 bits per heavy atom. The highest BCUT2D eigenvalue weighted by molar-refractivity contribution is 5.76. The summed E-state index contributed by atoms with van der Waals surface area (Å²) in [6.07, 6.45) is 5.90. The third kappa shape index (κ3) is 3.89. The number of benzene rings is 1. The van der Waals surface area contributed by atoms with E-state index in [4.69, 9.17) is 0 Å². The van der Waals surface area contributed by atoms with Crippen LogP contribution in [0, 0.1) is 0 Å². The van der Waals surface area contributed by atoms with Gasteiger partial charge in [-0.05, 0) is 43.0 Å². The van der Waals surface area contributed by atoms with Crippen molar-refractivity contribution in [3.8, 4) is 0 Å². The third-order valence-corrected chi connectivity index (χ3v) is 4.41. The molecule has 0 saturated carbocycles. The van der Waals surface area contributed by atoms with Crippen molar-refractivity contribution in [2.24, 2.45) is 0 Å². The molecule has 1 unspecified atom stereocenters. The Balaban J connectivity index is 1.46. The van der Waals surface area contributed by atoms with Gasteiger partial charge in [-0.15, -0.1) is 0 Å². The maximum absolute atomic E-state index is 12.0. The first-order valence-corrected chi connectivity index (χ1v) is 8.24. The van der Waals surface area contributed by atoms with Gasteiger partial charge in [0.25, 0.3) is 0 Å². The van der Waals surface area contributed by atoms with E-state index in [2.05, 4.69) is 46.4 Å². The van der Waals surface area contributed by atoms with Crippen LogP contribution in [0.4, 0.5) is 5.69 Å². The summed E-state index contributed by atoms with van der Waals surface area (Å²) in [6.45, 7) is 3.88. The number of amides is 1. The van der Waals surface area contributed by atoms with E-state index in [0.717, 1.165) is 24.9 Å². The van der Waals surface area contributed by atoms with Crippen molar-refractivity contribution in [3.63, 3.8) is 0 Å². The van der Waals surface area contributed by atoms with Crippen LogP contribution in [0.5, 0.6) is 0 Å². The van der Waals surface area contributed by atoms with Crippen molar-refractivity contribution in [2.75, 3.05) is 18.0 Å². The number of fused-ring (bicyclic) bond motifs is 1. The summed E-state index contributed by atoms with van der Waals surface area (Å²) in [7, 11) is 0. The molecule has 2 aromatic rings. The predicted molar refractivity (Wildman–Crippen MR) is 92.5 cm³/mol. The first kappa shape index (κ1) is 15.5. The van der Waals surface area contributed by atoms with Crippen LogP contribution in [-0.2, 0) is 17.6 Å². The van der Waals surface area contributed by atoms with E-state index < -0.39 is 0 Å². The Labute approximate surface area is 137 Å². The molecule has 1 amide bonds. The lowest BCUT2D eigenvalue weighted by atomic mass is 10.1. The summed E-state index contributed by atoms with van der Waals surface area (Å²) < 4.78 is 0. The number of anilines is 1. The van der Waals surface area contributed by atoms with Crippen molar-refractivity contribution < 1.29 is 4.79 Å². The minimum atomic E-state index is 0.105. The number of para-hydroxylation sites is 1. The molecular weight excluding hydrogens is 286 g/mol. The lowest BCUT2D eigenvalue weighted by molar-refractivity contribution is -0.121. The van der Waals surface area contributed by atoms with Gasteiger partial charge >= 0.3 is 0 Å². The SMILES string of the molecule is CC(CNC(=O)CCc1cccnc1)N1CCc2ccccc21. The monoisotopic (exact) mass is 309 g/mol. The molecule has 1 aromatic heterocycles. The molecule has 1 N–H and O–H groups in total. The van der Waals surface area contributed by atoms with E-state index in [0.29, 0.717) is 19.0 Å². The van der Waals surface area contributed by atoms with Crippen LogP contribution in [0.3, 0.4) is 0 Å². The normalized spacial score (nSPS) is 14.4. The quantitative estimate of drug-likeness (QED) is 0.892. The lowest BCUT2D eigenvalue weighted by Gasteiger charge is -2.27. The predicted octanol–water partition coefficient (Wildman–Crippen LogP) is 2.58. The smallest absolute Gasteiger partial charge is 0.220 e. The zero-order chi connectivity index (χ0) is 16.1. The van der Waals surface area contributed by atoms with E-state index in [1.54, 1.807) is 6.20 Å². The summed E-state index contributed by atoms with van der Waals surface area (Å²) in [5, 5.41) is 3.06. The molecule has 4 heteroatoms. The molecule has 1 atom stereocenters. The molecule has 23 heavy (non-hydrogen) atoms. The lowest BCUT2D eigenvalue weighted by Crippen LogP contribution is -2.41. The zero-order valence-corrected chi connectivity index (χ0v) is 13.5. The Kier molecular flexibility index (Phi) is 4.91. The van der Waals surface area contributed by atoms with E-state index in [9.17, 15) is 4.79 Å². The highest BCUT2D eigenvalue weighted by atomic mass is 16.1. The van der Waals surface area contributed by atoms with Gasteiger partial charge in [0.05, 0.1) is 0 Å². The van der Waals surface area contributed by atoms with Crippen LogP contribution in [0.1, 0.15) is 24.5 Å². The summed E-state index contributed by atoms with van der Waals surface area (Å²) in [5.74, 6) is 0.105. The topological polar surface area (TPSA) is 45.2 Å². The summed E-state index contributed by atoms with van der Waals surface area (Å²) in [4.78, 5) is 18.5. The van der Waals surface area contributed by atoms with Crippen LogP contribution in [0.2, 0.25) is 0 Å². The number of nitrogens with one attached hydrogen (secondary N) is 1. The van der Waals surface area contributed by atoms with E-state index in [1.165, 1.54) is 11.3 Å². The second kappa shape index (κ2) is 7.27. The van der Waals surface area contributed by atoms with Crippen LogP contribution in [-0.4, -0.2) is 30.0 Å². The minimum absolute atomic E-state index is 0.105. The van der Waals surface area contributed by atoms with Crippen molar-refractivity contribution in [1.82, 2.24) is 10.3 Å². The number of aromatic nitrogens is 1. The Bertz CT molecular complexity index is 657. The second-order valence-electron chi connectivity index (χ2n) is 6.09. The largest absolute Gasteiger partial charge is 0.366 e. The first-order chi connectivity index (χ1) is 11.2. The molecule has 2 heterocycles. The molecule has 0 radical (unpaired) electrons. The van der Waals surface area contributed by atoms with Gasteiger partial charge in [-0.2, -0.15) is 0 Å². The molecule has 0 spiro atoms. The van der Waals surface area contributed by atoms with Crippen LogP contribution in [0.25, 0.3) is 0 Å². The molecule has 4 nitrogen and oxygen atoms in total. The molecule has 1 aliphatic heterocycles. The molecule has 0 saturated heterocycles. The summed E-state index contributed by atoms with van der Waals surface area (Å²) in [6, 6.07) is 12.7. The molecular formula is C19H23N3O. The summed E-state index contributed by atoms with van der Waals surface area (Å²) in [5.41, 5.74) is 3.82. The number of pyridine rings is 1. The van der Waals surface area contributed by atoms with E-state index in [1.807, 2.05) is 18.3 Å². The Hall–Kier alpha value is -2.36. The highest BCUT2D eigenvalue weighted by Gasteiger charge is 2.22. The molecule has 0 aliphatic carbocycles. The number of nitrogens with zero attached hydrogens (tertiary/aromatic N) is 2. The fourth-order valence-corrected chi connectivity index (χ4v) is 3.09. The van der Waals surface area contributed by atoms with Crippen LogP contribution >= 0.6 is 0 Å². The molecule has 1 aliphatic rings. The molecule has 120 valence electrons. The molecule has 0 bridgehead atoms.